The van der Waals surface area contributed by atoms with Gasteiger partial charge in [-0.15, -0.1) is 11.6 Å². The first-order chi connectivity index (χ1) is 8.60. The van der Waals surface area contributed by atoms with E-state index < -0.39 is 5.82 Å². The molecule has 0 heterocycles. The molecule has 0 saturated heterocycles. The molecule has 0 saturated carbocycles. The van der Waals surface area contributed by atoms with Crippen LogP contribution in [0.2, 0.25) is 0 Å². The summed E-state index contributed by atoms with van der Waals surface area (Å²) in [6.07, 6.45) is 1.87. The summed E-state index contributed by atoms with van der Waals surface area (Å²) in [5.41, 5.74) is 0.0967. The molecule has 1 aromatic rings. The van der Waals surface area contributed by atoms with Crippen LogP contribution in [-0.2, 0) is 0 Å². The molecular formula is C13H16BrClFNO. The van der Waals surface area contributed by atoms with E-state index in [0.29, 0.717) is 23.4 Å². The number of hydrogen-bond donors (Lipinski definition) is 0. The van der Waals surface area contributed by atoms with Crippen LogP contribution in [0, 0.1) is 5.82 Å². The van der Waals surface area contributed by atoms with Gasteiger partial charge < -0.3 is 4.90 Å². The smallest absolute Gasteiger partial charge is 0.256 e. The van der Waals surface area contributed by atoms with Gasteiger partial charge in [-0.25, -0.2) is 4.39 Å². The highest BCUT2D eigenvalue weighted by molar-refractivity contribution is 9.10. The predicted molar refractivity (Wildman–Crippen MR) is 75.6 cm³/mol. The van der Waals surface area contributed by atoms with Crippen LogP contribution in [0.3, 0.4) is 0 Å². The minimum absolute atomic E-state index is 0.0967. The molecule has 0 atom stereocenters. The monoisotopic (exact) mass is 335 g/mol. The molecule has 0 aliphatic rings. The Morgan fingerprint density at radius 1 is 1.44 bits per heavy atom. The first kappa shape index (κ1) is 15.4. The number of carbonyl (C=O) groups excluding carboxylic acids is 1. The second-order valence-electron chi connectivity index (χ2n) is 3.96. The number of unbranched alkanes of at least 4 members (excludes halogenated alkanes) is 1. The zero-order valence-corrected chi connectivity index (χ0v) is 12.6. The lowest BCUT2D eigenvalue weighted by Gasteiger charge is -2.21. The van der Waals surface area contributed by atoms with Crippen molar-refractivity contribution in [3.63, 3.8) is 0 Å². The van der Waals surface area contributed by atoms with E-state index in [1.165, 1.54) is 12.1 Å². The normalized spacial score (nSPS) is 10.4. The number of carbonyl (C=O) groups is 1. The van der Waals surface area contributed by atoms with Gasteiger partial charge in [0.1, 0.15) is 5.82 Å². The molecule has 5 heteroatoms. The third-order valence-electron chi connectivity index (χ3n) is 2.58. The molecule has 1 rings (SSSR count). The minimum atomic E-state index is -0.509. The zero-order valence-electron chi connectivity index (χ0n) is 10.3. The molecule has 0 N–H and O–H groups in total. The molecule has 2 nitrogen and oxygen atoms in total. The van der Waals surface area contributed by atoms with Crippen molar-refractivity contribution in [2.75, 3.05) is 19.0 Å². The highest BCUT2D eigenvalue weighted by atomic mass is 79.9. The number of rotatable bonds is 6. The summed E-state index contributed by atoms with van der Waals surface area (Å²) in [4.78, 5) is 13.8. The Morgan fingerprint density at radius 2 is 2.17 bits per heavy atom. The van der Waals surface area contributed by atoms with E-state index in [9.17, 15) is 9.18 Å². The van der Waals surface area contributed by atoms with Gasteiger partial charge in [-0.3, -0.25) is 4.79 Å². The van der Waals surface area contributed by atoms with Crippen LogP contribution in [0.25, 0.3) is 0 Å². The lowest BCUT2D eigenvalue weighted by atomic mass is 10.1. The van der Waals surface area contributed by atoms with Crippen LogP contribution in [-0.4, -0.2) is 29.8 Å². The largest absolute Gasteiger partial charge is 0.337 e. The van der Waals surface area contributed by atoms with Crippen LogP contribution in [0.5, 0.6) is 0 Å². The molecule has 0 aliphatic heterocycles. The SMILES string of the molecule is CCCCN(CCCl)C(=O)c1ccc(Br)cc1F. The standard InChI is InChI=1S/C13H16BrClFNO/c1-2-3-7-17(8-6-15)13(18)11-5-4-10(14)9-12(11)16/h4-5,9H,2-3,6-8H2,1H3. The molecule has 0 bridgehead atoms. The second-order valence-corrected chi connectivity index (χ2v) is 5.25. The van der Waals surface area contributed by atoms with Crippen LogP contribution < -0.4 is 0 Å². The molecular weight excluding hydrogens is 321 g/mol. The average molecular weight is 337 g/mol. The van der Waals surface area contributed by atoms with Crippen LogP contribution in [0.15, 0.2) is 22.7 Å². The molecule has 0 aromatic heterocycles. The van der Waals surface area contributed by atoms with E-state index >= 15 is 0 Å². The van der Waals surface area contributed by atoms with E-state index in [0.717, 1.165) is 12.8 Å². The van der Waals surface area contributed by atoms with Crippen molar-refractivity contribution in [2.45, 2.75) is 19.8 Å². The van der Waals surface area contributed by atoms with Gasteiger partial charge in [-0.2, -0.15) is 0 Å². The number of alkyl halides is 1. The Labute approximate surface area is 120 Å². The molecule has 18 heavy (non-hydrogen) atoms. The van der Waals surface area contributed by atoms with Gasteiger partial charge in [-0.05, 0) is 24.6 Å². The summed E-state index contributed by atoms with van der Waals surface area (Å²) >= 11 is 8.85. The van der Waals surface area contributed by atoms with Crippen molar-refractivity contribution in [2.24, 2.45) is 0 Å². The number of nitrogens with zero attached hydrogens (tertiary/aromatic N) is 1. The Kier molecular flexibility index (Phi) is 6.65. The van der Waals surface area contributed by atoms with Gasteiger partial charge in [0.25, 0.3) is 5.91 Å². The van der Waals surface area contributed by atoms with E-state index in [4.69, 9.17) is 11.6 Å². The minimum Gasteiger partial charge on any atom is -0.337 e. The highest BCUT2D eigenvalue weighted by Gasteiger charge is 2.18. The lowest BCUT2D eigenvalue weighted by molar-refractivity contribution is 0.0758. The quantitative estimate of drug-likeness (QED) is 0.717. The summed E-state index contributed by atoms with van der Waals surface area (Å²) in [5.74, 6) is -0.451. The maximum Gasteiger partial charge on any atom is 0.256 e. The van der Waals surface area contributed by atoms with Gasteiger partial charge in [0.15, 0.2) is 0 Å². The fourth-order valence-corrected chi connectivity index (χ4v) is 2.14. The van der Waals surface area contributed by atoms with E-state index in [1.807, 2.05) is 6.92 Å². The molecule has 1 amide bonds. The maximum atomic E-state index is 13.7. The topological polar surface area (TPSA) is 20.3 Å². The lowest BCUT2D eigenvalue weighted by Crippen LogP contribution is -2.34. The van der Waals surface area contributed by atoms with Crippen molar-refractivity contribution >= 4 is 33.4 Å². The molecule has 1 aromatic carbocycles. The molecule has 100 valence electrons. The first-order valence-electron chi connectivity index (χ1n) is 5.90. The third kappa shape index (κ3) is 4.25. The molecule has 0 unspecified atom stereocenters. The molecule has 0 fully saturated rings. The number of hydrogen-bond acceptors (Lipinski definition) is 1. The maximum absolute atomic E-state index is 13.7. The summed E-state index contributed by atoms with van der Waals surface area (Å²) in [6.45, 7) is 3.09. The van der Waals surface area contributed by atoms with Crippen LogP contribution >= 0.6 is 27.5 Å². The van der Waals surface area contributed by atoms with E-state index in [1.54, 1.807) is 11.0 Å². The zero-order chi connectivity index (χ0) is 13.5. The number of benzene rings is 1. The predicted octanol–water partition coefficient (Wildman–Crippen LogP) is 4.07. The fourth-order valence-electron chi connectivity index (χ4n) is 1.60. The van der Waals surface area contributed by atoms with Crippen molar-refractivity contribution < 1.29 is 9.18 Å². The first-order valence-corrected chi connectivity index (χ1v) is 7.23. The third-order valence-corrected chi connectivity index (χ3v) is 3.25. The fraction of sp³-hybridized carbons (Fsp3) is 0.462. The van der Waals surface area contributed by atoms with E-state index in [2.05, 4.69) is 15.9 Å². The van der Waals surface area contributed by atoms with Gasteiger partial charge in [-0.1, -0.05) is 29.3 Å². The van der Waals surface area contributed by atoms with Crippen molar-refractivity contribution in [1.82, 2.24) is 4.90 Å². The summed E-state index contributed by atoms with van der Waals surface area (Å²) in [6, 6.07) is 4.45. The van der Waals surface area contributed by atoms with Crippen LogP contribution in [0.1, 0.15) is 30.1 Å². The summed E-state index contributed by atoms with van der Waals surface area (Å²) < 4.78 is 14.3. The number of amides is 1. The van der Waals surface area contributed by atoms with Gasteiger partial charge >= 0.3 is 0 Å². The Morgan fingerprint density at radius 3 is 2.72 bits per heavy atom. The number of halogens is 3. The van der Waals surface area contributed by atoms with Crippen molar-refractivity contribution in [3.05, 3.63) is 34.1 Å². The van der Waals surface area contributed by atoms with Crippen molar-refractivity contribution in [1.29, 1.82) is 0 Å². The van der Waals surface area contributed by atoms with E-state index in [-0.39, 0.29) is 11.5 Å². The molecule has 0 spiro atoms. The van der Waals surface area contributed by atoms with Gasteiger partial charge in [0, 0.05) is 23.4 Å². The van der Waals surface area contributed by atoms with Crippen LogP contribution in [0.4, 0.5) is 4.39 Å². The highest BCUT2D eigenvalue weighted by Crippen LogP contribution is 2.17. The molecule has 0 aliphatic carbocycles. The average Bonchev–Trinajstić information content (AvgIpc) is 2.33. The second kappa shape index (κ2) is 7.74. The van der Waals surface area contributed by atoms with Gasteiger partial charge in [0.2, 0.25) is 0 Å². The molecule has 0 radical (unpaired) electrons. The van der Waals surface area contributed by atoms with Crippen molar-refractivity contribution in [3.8, 4) is 0 Å². The Bertz CT molecular complexity index is 414. The Balaban J connectivity index is 2.87. The van der Waals surface area contributed by atoms with Gasteiger partial charge in [0.05, 0.1) is 5.56 Å². The summed E-state index contributed by atoms with van der Waals surface area (Å²) in [5, 5.41) is 0. The summed E-state index contributed by atoms with van der Waals surface area (Å²) in [7, 11) is 0. The Hall–Kier alpha value is -0.610.